The second-order valence-corrected chi connectivity index (χ2v) is 5.49. The third-order valence-corrected chi connectivity index (χ3v) is 3.68. The molecule has 0 aromatic carbocycles. The molecule has 0 fully saturated rings. The van der Waals surface area contributed by atoms with E-state index < -0.39 is 0 Å². The first-order chi connectivity index (χ1) is 8.83. The monoisotopic (exact) mass is 258 g/mol. The van der Waals surface area contributed by atoms with Crippen molar-refractivity contribution in [2.75, 3.05) is 0 Å². The van der Waals surface area contributed by atoms with Crippen LogP contribution in [0.3, 0.4) is 0 Å². The van der Waals surface area contributed by atoms with Crippen LogP contribution in [0.2, 0.25) is 0 Å². The molecule has 1 N–H and O–H groups in total. The molecule has 0 unspecified atom stereocenters. The number of thiazole rings is 1. The Bertz CT molecular complexity index is 656. The van der Waals surface area contributed by atoms with Crippen molar-refractivity contribution in [2.45, 2.75) is 20.0 Å². The number of aryl methyl sites for hydroxylation is 1. The van der Waals surface area contributed by atoms with Crippen molar-refractivity contribution in [3.05, 3.63) is 52.2 Å². The predicted octanol–water partition coefficient (Wildman–Crippen LogP) is 2.39. The number of hydrogen-bond acceptors (Lipinski definition) is 4. The van der Waals surface area contributed by atoms with E-state index in [1.807, 2.05) is 35.2 Å². The Morgan fingerprint density at radius 2 is 2.22 bits per heavy atom. The van der Waals surface area contributed by atoms with Gasteiger partial charge in [0, 0.05) is 35.9 Å². The van der Waals surface area contributed by atoms with E-state index in [0.717, 1.165) is 23.6 Å². The molecule has 5 heteroatoms. The Hall–Kier alpha value is -1.72. The van der Waals surface area contributed by atoms with Crippen molar-refractivity contribution in [2.24, 2.45) is 0 Å². The van der Waals surface area contributed by atoms with Gasteiger partial charge in [-0.05, 0) is 19.1 Å². The molecule has 0 saturated heterocycles. The van der Waals surface area contributed by atoms with Crippen molar-refractivity contribution in [3.63, 3.8) is 0 Å². The fraction of sp³-hybridized carbons (Fsp3) is 0.231. The first-order valence-corrected chi connectivity index (χ1v) is 6.68. The number of nitrogens with one attached hydrogen (secondary N) is 1. The molecule has 92 valence electrons. The van der Waals surface area contributed by atoms with Crippen LogP contribution < -0.4 is 5.32 Å². The van der Waals surface area contributed by atoms with E-state index in [1.165, 1.54) is 10.4 Å². The minimum Gasteiger partial charge on any atom is -0.306 e. The molecule has 0 bridgehead atoms. The summed E-state index contributed by atoms with van der Waals surface area (Å²) in [5.74, 6) is 0. The van der Waals surface area contributed by atoms with Crippen LogP contribution in [0.4, 0.5) is 0 Å². The second-order valence-electron chi connectivity index (χ2n) is 4.17. The molecule has 0 saturated carbocycles. The number of hydrogen-bond donors (Lipinski definition) is 1. The molecule has 3 rings (SSSR count). The van der Waals surface area contributed by atoms with Crippen molar-refractivity contribution < 1.29 is 0 Å². The molecule has 3 aromatic heterocycles. The first kappa shape index (κ1) is 11.4. The van der Waals surface area contributed by atoms with Gasteiger partial charge >= 0.3 is 0 Å². The van der Waals surface area contributed by atoms with Gasteiger partial charge in [0.15, 0.2) is 0 Å². The molecule has 0 radical (unpaired) electrons. The largest absolute Gasteiger partial charge is 0.306 e. The molecule has 0 spiro atoms. The molecule has 0 amide bonds. The molecule has 18 heavy (non-hydrogen) atoms. The summed E-state index contributed by atoms with van der Waals surface area (Å²) in [6.07, 6.45) is 5.79. The van der Waals surface area contributed by atoms with Gasteiger partial charge in [0.05, 0.1) is 11.7 Å². The van der Waals surface area contributed by atoms with Gasteiger partial charge in [-0.2, -0.15) is 5.10 Å². The summed E-state index contributed by atoms with van der Waals surface area (Å²) in [7, 11) is 0. The van der Waals surface area contributed by atoms with E-state index in [-0.39, 0.29) is 0 Å². The average Bonchev–Trinajstić information content (AvgIpc) is 2.97. The fourth-order valence-corrected chi connectivity index (χ4v) is 2.67. The van der Waals surface area contributed by atoms with Gasteiger partial charge in [0.25, 0.3) is 0 Å². The van der Waals surface area contributed by atoms with Crippen molar-refractivity contribution in [1.82, 2.24) is 19.9 Å². The van der Waals surface area contributed by atoms with E-state index in [4.69, 9.17) is 0 Å². The lowest BCUT2D eigenvalue weighted by Gasteiger charge is -2.01. The molecule has 0 aliphatic carbocycles. The number of pyridine rings is 1. The summed E-state index contributed by atoms with van der Waals surface area (Å²) in [4.78, 5) is 5.58. The summed E-state index contributed by atoms with van der Waals surface area (Å²) in [5.41, 5.74) is 2.36. The Kier molecular flexibility index (Phi) is 3.08. The van der Waals surface area contributed by atoms with Crippen LogP contribution in [0.5, 0.6) is 0 Å². The normalized spacial score (nSPS) is 11.2. The first-order valence-electron chi connectivity index (χ1n) is 5.86. The number of fused-ring (bicyclic) bond motifs is 1. The minimum atomic E-state index is 0.808. The molecule has 0 aliphatic heterocycles. The zero-order valence-electron chi connectivity index (χ0n) is 10.1. The smallest absolute Gasteiger partial charge is 0.107 e. The van der Waals surface area contributed by atoms with Gasteiger partial charge in [-0.15, -0.1) is 11.3 Å². The minimum absolute atomic E-state index is 0.808. The standard InChI is InChI=1S/C13H14N4S/c1-10-6-15-13(18-10)9-14-7-11-8-16-17-5-3-2-4-12(11)17/h2-6,8,14H,7,9H2,1H3. The zero-order chi connectivity index (χ0) is 12.4. The fourth-order valence-electron chi connectivity index (χ4n) is 1.91. The highest BCUT2D eigenvalue weighted by Crippen LogP contribution is 2.12. The molecular weight excluding hydrogens is 244 g/mol. The van der Waals surface area contributed by atoms with Gasteiger partial charge in [0.1, 0.15) is 5.01 Å². The van der Waals surface area contributed by atoms with E-state index >= 15 is 0 Å². The Balaban J connectivity index is 1.66. The molecule has 4 nitrogen and oxygen atoms in total. The Morgan fingerprint density at radius 1 is 1.28 bits per heavy atom. The average molecular weight is 258 g/mol. The Labute approximate surface area is 109 Å². The Morgan fingerprint density at radius 3 is 3.06 bits per heavy atom. The number of nitrogens with zero attached hydrogens (tertiary/aromatic N) is 3. The zero-order valence-corrected chi connectivity index (χ0v) is 10.9. The lowest BCUT2D eigenvalue weighted by Crippen LogP contribution is -2.12. The predicted molar refractivity (Wildman–Crippen MR) is 72.6 cm³/mol. The number of rotatable bonds is 4. The summed E-state index contributed by atoms with van der Waals surface area (Å²) in [6, 6.07) is 6.10. The van der Waals surface area contributed by atoms with Crippen LogP contribution in [0, 0.1) is 6.92 Å². The maximum absolute atomic E-state index is 4.33. The highest BCUT2D eigenvalue weighted by atomic mass is 32.1. The lowest BCUT2D eigenvalue weighted by atomic mass is 10.2. The summed E-state index contributed by atoms with van der Waals surface area (Å²) >= 11 is 1.73. The van der Waals surface area contributed by atoms with Crippen molar-refractivity contribution in [1.29, 1.82) is 0 Å². The molecule has 0 aliphatic rings. The summed E-state index contributed by atoms with van der Waals surface area (Å²) in [5, 5.41) is 8.84. The van der Waals surface area contributed by atoms with E-state index in [2.05, 4.69) is 28.4 Å². The van der Waals surface area contributed by atoms with Gasteiger partial charge < -0.3 is 5.32 Å². The second kappa shape index (κ2) is 4.88. The quantitative estimate of drug-likeness (QED) is 0.781. The topological polar surface area (TPSA) is 42.2 Å². The van der Waals surface area contributed by atoms with E-state index in [1.54, 1.807) is 11.3 Å². The van der Waals surface area contributed by atoms with Crippen LogP contribution in [0.25, 0.3) is 5.52 Å². The summed E-state index contributed by atoms with van der Waals surface area (Å²) in [6.45, 7) is 3.70. The van der Waals surface area contributed by atoms with Crippen LogP contribution in [0.1, 0.15) is 15.4 Å². The van der Waals surface area contributed by atoms with Gasteiger partial charge in [-0.3, -0.25) is 0 Å². The van der Waals surface area contributed by atoms with Gasteiger partial charge in [-0.25, -0.2) is 9.50 Å². The van der Waals surface area contributed by atoms with Crippen LogP contribution in [-0.2, 0) is 13.1 Å². The molecule has 0 atom stereocenters. The third kappa shape index (κ3) is 2.27. The van der Waals surface area contributed by atoms with Crippen LogP contribution in [-0.4, -0.2) is 14.6 Å². The van der Waals surface area contributed by atoms with Gasteiger partial charge in [-0.1, -0.05) is 6.07 Å². The summed E-state index contributed by atoms with van der Waals surface area (Å²) < 4.78 is 1.89. The molecular formula is C13H14N4S. The maximum atomic E-state index is 4.33. The van der Waals surface area contributed by atoms with Crippen molar-refractivity contribution in [3.8, 4) is 0 Å². The van der Waals surface area contributed by atoms with E-state index in [9.17, 15) is 0 Å². The molecule has 3 heterocycles. The highest BCUT2D eigenvalue weighted by molar-refractivity contribution is 7.11. The third-order valence-electron chi connectivity index (χ3n) is 2.77. The maximum Gasteiger partial charge on any atom is 0.107 e. The van der Waals surface area contributed by atoms with E-state index in [0.29, 0.717) is 0 Å². The SMILES string of the molecule is Cc1cnc(CNCc2cnn3ccccc23)s1. The van der Waals surface area contributed by atoms with Crippen LogP contribution in [0.15, 0.2) is 36.8 Å². The molecule has 3 aromatic rings. The highest BCUT2D eigenvalue weighted by Gasteiger charge is 2.03. The van der Waals surface area contributed by atoms with Gasteiger partial charge in [0.2, 0.25) is 0 Å². The van der Waals surface area contributed by atoms with Crippen molar-refractivity contribution >= 4 is 16.9 Å². The van der Waals surface area contributed by atoms with Crippen LogP contribution >= 0.6 is 11.3 Å². The lowest BCUT2D eigenvalue weighted by molar-refractivity contribution is 0.693. The number of aromatic nitrogens is 3.